The predicted octanol–water partition coefficient (Wildman–Crippen LogP) is 2.34. The van der Waals surface area contributed by atoms with Gasteiger partial charge in [-0.25, -0.2) is 0 Å². The standard InChI is InChI=1S/C19H20N4O/c20-19(24)15-2-1-3-17-16(15)12-18(22-17)13-4-6-14(7-5-13)23-10-8-21-9-11-23/h1-7,12,21-22H,8-11H2,(H2,20,24). The van der Waals surface area contributed by atoms with Crippen LogP contribution in [0.1, 0.15) is 10.4 Å². The predicted molar refractivity (Wildman–Crippen MR) is 97.3 cm³/mol. The Labute approximate surface area is 140 Å². The molecule has 2 heterocycles. The zero-order chi connectivity index (χ0) is 16.5. The number of anilines is 1. The van der Waals surface area contributed by atoms with Gasteiger partial charge in [-0.3, -0.25) is 4.79 Å². The molecule has 2 aromatic carbocycles. The number of hydrogen-bond acceptors (Lipinski definition) is 3. The van der Waals surface area contributed by atoms with Crippen LogP contribution in [0, 0.1) is 0 Å². The van der Waals surface area contributed by atoms with Gasteiger partial charge in [-0.2, -0.15) is 0 Å². The number of aromatic nitrogens is 1. The van der Waals surface area contributed by atoms with Crippen LogP contribution in [0.4, 0.5) is 5.69 Å². The molecule has 122 valence electrons. The van der Waals surface area contributed by atoms with E-state index in [9.17, 15) is 4.79 Å². The van der Waals surface area contributed by atoms with Gasteiger partial charge in [0.1, 0.15) is 0 Å². The molecule has 4 rings (SSSR count). The van der Waals surface area contributed by atoms with E-state index in [4.69, 9.17) is 5.73 Å². The number of fused-ring (bicyclic) bond motifs is 1. The smallest absolute Gasteiger partial charge is 0.249 e. The molecule has 1 amide bonds. The highest BCUT2D eigenvalue weighted by atomic mass is 16.1. The Morgan fingerprint density at radius 2 is 1.79 bits per heavy atom. The van der Waals surface area contributed by atoms with Gasteiger partial charge >= 0.3 is 0 Å². The zero-order valence-electron chi connectivity index (χ0n) is 13.4. The maximum Gasteiger partial charge on any atom is 0.249 e. The number of carbonyl (C=O) groups is 1. The third kappa shape index (κ3) is 2.63. The van der Waals surface area contributed by atoms with E-state index in [1.807, 2.05) is 18.2 Å². The van der Waals surface area contributed by atoms with Crippen molar-refractivity contribution in [2.24, 2.45) is 5.73 Å². The number of H-pyrrole nitrogens is 1. The maximum atomic E-state index is 11.6. The lowest BCUT2D eigenvalue weighted by atomic mass is 10.1. The second-order valence-corrected chi connectivity index (χ2v) is 6.10. The molecule has 1 aliphatic heterocycles. The first-order valence-electron chi connectivity index (χ1n) is 8.20. The third-order valence-corrected chi connectivity index (χ3v) is 4.59. The fourth-order valence-electron chi connectivity index (χ4n) is 3.30. The molecule has 1 fully saturated rings. The average Bonchev–Trinajstić information content (AvgIpc) is 3.06. The van der Waals surface area contributed by atoms with Crippen molar-refractivity contribution in [3.05, 3.63) is 54.1 Å². The molecule has 5 nitrogen and oxygen atoms in total. The SMILES string of the molecule is NC(=O)c1cccc2[nH]c(-c3ccc(N4CCNCC4)cc3)cc12. The third-order valence-electron chi connectivity index (χ3n) is 4.59. The minimum Gasteiger partial charge on any atom is -0.369 e. The van der Waals surface area contributed by atoms with Gasteiger partial charge in [0.05, 0.1) is 0 Å². The maximum absolute atomic E-state index is 11.6. The number of amides is 1. The Bertz CT molecular complexity index is 876. The summed E-state index contributed by atoms with van der Waals surface area (Å²) in [5, 5.41) is 4.23. The van der Waals surface area contributed by atoms with Crippen LogP contribution in [0.2, 0.25) is 0 Å². The largest absolute Gasteiger partial charge is 0.369 e. The Kier molecular flexibility index (Phi) is 3.70. The van der Waals surface area contributed by atoms with Crippen molar-refractivity contribution >= 4 is 22.5 Å². The number of rotatable bonds is 3. The van der Waals surface area contributed by atoms with Gasteiger partial charge < -0.3 is 20.9 Å². The highest BCUT2D eigenvalue weighted by Gasteiger charge is 2.12. The Balaban J connectivity index is 1.67. The Hall–Kier alpha value is -2.79. The monoisotopic (exact) mass is 320 g/mol. The summed E-state index contributed by atoms with van der Waals surface area (Å²) in [6.45, 7) is 4.13. The second-order valence-electron chi connectivity index (χ2n) is 6.10. The van der Waals surface area contributed by atoms with E-state index < -0.39 is 5.91 Å². The van der Waals surface area contributed by atoms with Gasteiger partial charge in [0.2, 0.25) is 5.91 Å². The first-order valence-corrected chi connectivity index (χ1v) is 8.20. The lowest BCUT2D eigenvalue weighted by molar-refractivity contribution is 0.100. The second kappa shape index (κ2) is 6.02. The van der Waals surface area contributed by atoms with E-state index in [1.165, 1.54) is 5.69 Å². The van der Waals surface area contributed by atoms with E-state index in [1.54, 1.807) is 6.07 Å². The number of nitrogens with zero attached hydrogens (tertiary/aromatic N) is 1. The molecule has 1 saturated heterocycles. The molecule has 0 aliphatic carbocycles. The quantitative estimate of drug-likeness (QED) is 0.693. The van der Waals surface area contributed by atoms with Gasteiger partial charge in [-0.1, -0.05) is 18.2 Å². The molecule has 5 heteroatoms. The minimum atomic E-state index is -0.403. The summed E-state index contributed by atoms with van der Waals surface area (Å²) >= 11 is 0. The van der Waals surface area contributed by atoms with Crippen molar-refractivity contribution in [2.45, 2.75) is 0 Å². The average molecular weight is 320 g/mol. The molecule has 1 aromatic heterocycles. The van der Waals surface area contributed by atoms with Crippen molar-refractivity contribution in [2.75, 3.05) is 31.1 Å². The summed E-state index contributed by atoms with van der Waals surface area (Å²) in [6.07, 6.45) is 0. The Morgan fingerprint density at radius 3 is 2.50 bits per heavy atom. The number of nitrogens with one attached hydrogen (secondary N) is 2. The lowest BCUT2D eigenvalue weighted by Gasteiger charge is -2.29. The first-order chi connectivity index (χ1) is 11.7. The van der Waals surface area contributed by atoms with Gasteiger partial charge in [0, 0.05) is 54.0 Å². The van der Waals surface area contributed by atoms with Crippen LogP contribution in [-0.2, 0) is 0 Å². The van der Waals surface area contributed by atoms with Crippen LogP contribution >= 0.6 is 0 Å². The van der Waals surface area contributed by atoms with Crippen molar-refractivity contribution in [3.8, 4) is 11.3 Å². The fourth-order valence-corrected chi connectivity index (χ4v) is 3.30. The van der Waals surface area contributed by atoms with Crippen LogP contribution < -0.4 is 16.0 Å². The summed E-state index contributed by atoms with van der Waals surface area (Å²) in [6, 6.07) is 16.1. The number of nitrogens with two attached hydrogens (primary N) is 1. The van der Waals surface area contributed by atoms with Crippen molar-refractivity contribution in [3.63, 3.8) is 0 Å². The fraction of sp³-hybridized carbons (Fsp3) is 0.211. The number of primary amides is 1. The highest BCUT2D eigenvalue weighted by molar-refractivity contribution is 6.06. The number of piperazine rings is 1. The summed E-state index contributed by atoms with van der Waals surface area (Å²) in [4.78, 5) is 17.3. The summed E-state index contributed by atoms with van der Waals surface area (Å²) in [5.74, 6) is -0.403. The van der Waals surface area contributed by atoms with Gasteiger partial charge in [-0.15, -0.1) is 0 Å². The van der Waals surface area contributed by atoms with Crippen LogP contribution in [0.25, 0.3) is 22.2 Å². The van der Waals surface area contributed by atoms with Gasteiger partial charge in [-0.05, 0) is 35.9 Å². The molecule has 3 aromatic rings. The minimum absolute atomic E-state index is 0.403. The van der Waals surface area contributed by atoms with Crippen molar-refractivity contribution < 1.29 is 4.79 Å². The Morgan fingerprint density at radius 1 is 1.04 bits per heavy atom. The molecule has 1 aliphatic rings. The molecule has 0 bridgehead atoms. The number of aromatic amines is 1. The van der Waals surface area contributed by atoms with Crippen LogP contribution in [-0.4, -0.2) is 37.1 Å². The molecule has 0 radical (unpaired) electrons. The summed E-state index contributed by atoms with van der Waals surface area (Å²) < 4.78 is 0. The normalized spacial score (nSPS) is 14.9. The molecular formula is C19H20N4O. The molecule has 0 spiro atoms. The van der Waals surface area contributed by atoms with E-state index >= 15 is 0 Å². The lowest BCUT2D eigenvalue weighted by Crippen LogP contribution is -2.43. The van der Waals surface area contributed by atoms with Crippen LogP contribution in [0.3, 0.4) is 0 Å². The topological polar surface area (TPSA) is 74.2 Å². The molecule has 24 heavy (non-hydrogen) atoms. The molecule has 0 saturated carbocycles. The van der Waals surface area contributed by atoms with E-state index in [-0.39, 0.29) is 0 Å². The number of hydrogen-bond donors (Lipinski definition) is 3. The van der Waals surface area contributed by atoms with Gasteiger partial charge in [0.15, 0.2) is 0 Å². The molecule has 0 atom stereocenters. The van der Waals surface area contributed by atoms with Crippen LogP contribution in [0.15, 0.2) is 48.5 Å². The van der Waals surface area contributed by atoms with Crippen molar-refractivity contribution in [1.29, 1.82) is 0 Å². The zero-order valence-corrected chi connectivity index (χ0v) is 13.4. The summed E-state index contributed by atoms with van der Waals surface area (Å²) in [5.41, 5.74) is 10.3. The van der Waals surface area contributed by atoms with E-state index in [0.29, 0.717) is 5.56 Å². The molecule has 0 unspecified atom stereocenters. The van der Waals surface area contributed by atoms with E-state index in [2.05, 4.69) is 39.5 Å². The molecule has 4 N–H and O–H groups in total. The summed E-state index contributed by atoms with van der Waals surface area (Å²) in [7, 11) is 0. The van der Waals surface area contributed by atoms with E-state index in [0.717, 1.165) is 48.3 Å². The van der Waals surface area contributed by atoms with Crippen LogP contribution in [0.5, 0.6) is 0 Å². The molecular weight excluding hydrogens is 300 g/mol. The highest BCUT2D eigenvalue weighted by Crippen LogP contribution is 2.28. The number of benzene rings is 2. The first kappa shape index (κ1) is 14.8. The van der Waals surface area contributed by atoms with Crippen molar-refractivity contribution in [1.82, 2.24) is 10.3 Å². The number of carbonyl (C=O) groups excluding carboxylic acids is 1. The van der Waals surface area contributed by atoms with Gasteiger partial charge in [0.25, 0.3) is 0 Å².